The lowest BCUT2D eigenvalue weighted by Crippen LogP contribution is -2.62. The number of carbonyl (C=O) groups excluding carboxylic acids is 2. The molecular formula is C15H20N7O2+. The normalized spacial score (nSPS) is 20.3. The summed E-state index contributed by atoms with van der Waals surface area (Å²) in [6.45, 7) is 1.08. The van der Waals surface area contributed by atoms with E-state index in [1.807, 2.05) is 30.3 Å². The van der Waals surface area contributed by atoms with E-state index >= 15 is 0 Å². The van der Waals surface area contributed by atoms with E-state index < -0.39 is 12.1 Å². The van der Waals surface area contributed by atoms with Gasteiger partial charge in [-0.1, -0.05) is 23.2 Å². The van der Waals surface area contributed by atoms with Gasteiger partial charge in [0.05, 0.1) is 6.54 Å². The fourth-order valence-corrected chi connectivity index (χ4v) is 2.83. The second-order valence-electron chi connectivity index (χ2n) is 5.57. The Bertz CT molecular complexity index is 729. The third kappa shape index (κ3) is 2.58. The van der Waals surface area contributed by atoms with Gasteiger partial charge in [-0.2, -0.15) is 5.84 Å². The number of likely N-dealkylation sites (N-methyl/N-ethyl adjacent to an activating group) is 2. The maximum atomic E-state index is 12.5. The Morgan fingerprint density at radius 1 is 1.21 bits per heavy atom. The number of urea groups is 1. The number of amides is 3. The van der Waals surface area contributed by atoms with Gasteiger partial charge in [0, 0.05) is 26.3 Å². The van der Waals surface area contributed by atoms with E-state index in [1.54, 1.807) is 11.6 Å². The molecular weight excluding hydrogens is 310 g/mol. The number of hydrogen-bond donors (Lipinski definition) is 3. The highest BCUT2D eigenvalue weighted by Crippen LogP contribution is 2.18. The molecule has 0 radical (unpaired) electrons. The van der Waals surface area contributed by atoms with Gasteiger partial charge in [-0.3, -0.25) is 14.6 Å². The predicted molar refractivity (Wildman–Crippen MR) is 89.5 cm³/mol. The van der Waals surface area contributed by atoms with E-state index in [4.69, 9.17) is 5.84 Å². The number of aliphatic imine (C=N–C) groups is 1. The highest BCUT2D eigenvalue weighted by atomic mass is 16.2. The zero-order chi connectivity index (χ0) is 17.3. The van der Waals surface area contributed by atoms with Crippen LogP contribution >= 0.6 is 0 Å². The van der Waals surface area contributed by atoms with Crippen molar-refractivity contribution in [3.8, 4) is 0 Å². The molecule has 3 amide bonds. The summed E-state index contributed by atoms with van der Waals surface area (Å²) in [5.74, 6) is 5.97. The van der Waals surface area contributed by atoms with E-state index in [0.717, 1.165) is 10.6 Å². The SMILES string of the molecule is CN1C(=O)C2C(=NC(NN)=[N+]2CCNc2ccccc2)N(C)C1=O. The second-order valence-corrected chi connectivity index (χ2v) is 5.57. The molecule has 2 heterocycles. The number of nitrogens with one attached hydrogen (secondary N) is 2. The van der Waals surface area contributed by atoms with Crippen LogP contribution in [0.5, 0.6) is 0 Å². The van der Waals surface area contributed by atoms with Gasteiger partial charge in [0.1, 0.15) is 0 Å². The lowest BCUT2D eigenvalue weighted by Gasteiger charge is -2.31. The van der Waals surface area contributed by atoms with Gasteiger partial charge < -0.3 is 5.32 Å². The molecule has 1 saturated heterocycles. The summed E-state index contributed by atoms with van der Waals surface area (Å²) in [5.41, 5.74) is 3.49. The van der Waals surface area contributed by atoms with Crippen LogP contribution in [0.1, 0.15) is 0 Å². The van der Waals surface area contributed by atoms with Gasteiger partial charge in [0.2, 0.25) is 11.9 Å². The van der Waals surface area contributed by atoms with Crippen molar-refractivity contribution in [1.82, 2.24) is 15.2 Å². The Balaban J connectivity index is 1.77. The molecule has 0 aliphatic carbocycles. The first-order chi connectivity index (χ1) is 11.5. The van der Waals surface area contributed by atoms with Gasteiger partial charge in [0.25, 0.3) is 5.91 Å². The maximum absolute atomic E-state index is 12.5. The molecule has 2 aliphatic rings. The van der Waals surface area contributed by atoms with Crippen LogP contribution in [0, 0.1) is 0 Å². The summed E-state index contributed by atoms with van der Waals surface area (Å²) < 4.78 is 1.76. The Labute approximate surface area is 139 Å². The Hall–Kier alpha value is -2.94. The number of hydrazine groups is 1. The first-order valence-electron chi connectivity index (χ1n) is 7.57. The molecule has 1 aromatic carbocycles. The number of para-hydroxylation sites is 1. The summed E-state index contributed by atoms with van der Waals surface area (Å²) in [7, 11) is 3.06. The number of nitrogens with zero attached hydrogens (tertiary/aromatic N) is 4. The number of rotatable bonds is 4. The first kappa shape index (κ1) is 15.9. The highest BCUT2D eigenvalue weighted by Gasteiger charge is 2.51. The molecule has 9 heteroatoms. The highest BCUT2D eigenvalue weighted by molar-refractivity contribution is 6.22. The molecule has 1 aromatic rings. The molecule has 126 valence electrons. The van der Waals surface area contributed by atoms with Crippen molar-refractivity contribution in [3.63, 3.8) is 0 Å². The lowest BCUT2D eigenvalue weighted by molar-refractivity contribution is -0.534. The van der Waals surface area contributed by atoms with E-state index in [1.165, 1.54) is 11.9 Å². The number of imide groups is 1. The van der Waals surface area contributed by atoms with Crippen LogP contribution in [0.25, 0.3) is 0 Å². The molecule has 4 N–H and O–H groups in total. The van der Waals surface area contributed by atoms with E-state index in [0.29, 0.717) is 24.9 Å². The van der Waals surface area contributed by atoms with Crippen LogP contribution in [0.2, 0.25) is 0 Å². The summed E-state index contributed by atoms with van der Waals surface area (Å²) in [6.07, 6.45) is 0. The molecule has 3 rings (SSSR count). The Kier molecular flexibility index (Phi) is 4.17. The molecule has 0 spiro atoms. The number of guanidine groups is 1. The third-order valence-electron chi connectivity index (χ3n) is 4.12. The standard InChI is InChI=1S/C15H19N7O2/c1-20-12-11(13(23)21(2)15(20)24)22(14(18-12)19-16)9-8-17-10-6-4-3-5-7-10/h3-7,11,17H,8-9,16H2,1-2H3/p+1. The minimum absolute atomic E-state index is 0.318. The fourth-order valence-electron chi connectivity index (χ4n) is 2.83. The van der Waals surface area contributed by atoms with Gasteiger partial charge >= 0.3 is 12.0 Å². The molecule has 0 saturated carbocycles. The smallest absolute Gasteiger partial charge is 0.382 e. The van der Waals surface area contributed by atoms with Crippen molar-refractivity contribution in [2.75, 3.05) is 32.5 Å². The molecule has 1 fully saturated rings. The third-order valence-corrected chi connectivity index (χ3v) is 4.12. The number of carbonyl (C=O) groups is 2. The van der Waals surface area contributed by atoms with Gasteiger partial charge in [-0.05, 0) is 12.1 Å². The largest absolute Gasteiger partial charge is 0.407 e. The zero-order valence-corrected chi connectivity index (χ0v) is 13.6. The van der Waals surface area contributed by atoms with Crippen molar-refractivity contribution < 1.29 is 14.2 Å². The summed E-state index contributed by atoms with van der Waals surface area (Å²) in [6, 6.07) is 8.70. The van der Waals surface area contributed by atoms with E-state index in [9.17, 15) is 9.59 Å². The number of amidine groups is 1. The first-order valence-corrected chi connectivity index (χ1v) is 7.57. The lowest BCUT2D eigenvalue weighted by atomic mass is 10.1. The van der Waals surface area contributed by atoms with Gasteiger partial charge in [-0.25, -0.2) is 14.8 Å². The van der Waals surface area contributed by atoms with Crippen LogP contribution < -0.4 is 16.6 Å². The van der Waals surface area contributed by atoms with Gasteiger partial charge in [0.15, 0.2) is 0 Å². The fraction of sp³-hybridized carbons (Fsp3) is 0.333. The maximum Gasteiger partial charge on any atom is 0.407 e. The van der Waals surface area contributed by atoms with Crippen LogP contribution in [-0.2, 0) is 4.79 Å². The Morgan fingerprint density at radius 2 is 1.92 bits per heavy atom. The van der Waals surface area contributed by atoms with Crippen molar-refractivity contribution in [2.45, 2.75) is 6.04 Å². The summed E-state index contributed by atoms with van der Waals surface area (Å²) in [5, 5.41) is 3.28. The topological polar surface area (TPSA) is 106 Å². The molecule has 9 nitrogen and oxygen atoms in total. The Morgan fingerprint density at radius 3 is 2.58 bits per heavy atom. The molecule has 2 aliphatic heterocycles. The minimum atomic E-state index is -0.652. The molecule has 1 unspecified atom stereocenters. The van der Waals surface area contributed by atoms with Crippen LogP contribution in [-0.4, -0.2) is 71.3 Å². The number of hydrogen-bond acceptors (Lipinski definition) is 6. The molecule has 1 atom stereocenters. The van der Waals surface area contributed by atoms with Gasteiger partial charge in [-0.15, -0.1) is 0 Å². The van der Waals surface area contributed by atoms with E-state index in [2.05, 4.69) is 15.7 Å². The zero-order valence-electron chi connectivity index (χ0n) is 13.6. The molecule has 0 aromatic heterocycles. The van der Waals surface area contributed by atoms with Crippen molar-refractivity contribution in [1.29, 1.82) is 0 Å². The minimum Gasteiger partial charge on any atom is -0.382 e. The van der Waals surface area contributed by atoms with Crippen LogP contribution in [0.15, 0.2) is 35.3 Å². The van der Waals surface area contributed by atoms with Crippen LogP contribution in [0.3, 0.4) is 0 Å². The molecule has 24 heavy (non-hydrogen) atoms. The average molecular weight is 330 g/mol. The number of fused-ring (bicyclic) bond motifs is 1. The van der Waals surface area contributed by atoms with E-state index in [-0.39, 0.29) is 5.91 Å². The number of anilines is 1. The summed E-state index contributed by atoms with van der Waals surface area (Å²) >= 11 is 0. The predicted octanol–water partition coefficient (Wildman–Crippen LogP) is -0.765. The van der Waals surface area contributed by atoms with Crippen molar-refractivity contribution in [3.05, 3.63) is 30.3 Å². The second kappa shape index (κ2) is 6.28. The monoisotopic (exact) mass is 330 g/mol. The molecule has 0 bridgehead atoms. The summed E-state index contributed by atoms with van der Waals surface area (Å²) in [4.78, 5) is 31.3. The number of nitrogens with two attached hydrogens (primary N) is 1. The van der Waals surface area contributed by atoms with Crippen LogP contribution in [0.4, 0.5) is 10.5 Å². The quantitative estimate of drug-likeness (QED) is 0.382. The average Bonchev–Trinajstić information content (AvgIpc) is 2.98. The van der Waals surface area contributed by atoms with Crippen molar-refractivity contribution >= 4 is 29.4 Å². The van der Waals surface area contributed by atoms with Crippen molar-refractivity contribution in [2.24, 2.45) is 10.8 Å². The number of benzene rings is 1.